The van der Waals surface area contributed by atoms with Crippen LogP contribution in [0.3, 0.4) is 0 Å². The van der Waals surface area contributed by atoms with Crippen LogP contribution in [0.4, 0.5) is 11.5 Å². The van der Waals surface area contributed by atoms with E-state index < -0.39 is 0 Å². The van der Waals surface area contributed by atoms with Gasteiger partial charge in [0.15, 0.2) is 5.82 Å². The van der Waals surface area contributed by atoms with Crippen LogP contribution in [0.25, 0.3) is 0 Å². The van der Waals surface area contributed by atoms with Crippen molar-refractivity contribution in [2.45, 2.75) is 6.92 Å². The van der Waals surface area contributed by atoms with Gasteiger partial charge in [0.2, 0.25) is 0 Å². The summed E-state index contributed by atoms with van der Waals surface area (Å²) in [7, 11) is 2.03. The maximum Gasteiger partial charge on any atom is 0.153 e. The minimum Gasteiger partial charge on any atom is -0.365 e. The van der Waals surface area contributed by atoms with E-state index in [-0.39, 0.29) is 0 Å². The first-order valence-electron chi connectivity index (χ1n) is 3.70. The highest BCUT2D eigenvalue weighted by Gasteiger charge is 2.15. The van der Waals surface area contributed by atoms with Crippen molar-refractivity contribution in [1.29, 1.82) is 0 Å². The lowest BCUT2D eigenvalue weighted by atomic mass is 10.3. The molecule has 0 radical (unpaired) electrons. The Balaban J connectivity index is 2.52. The maximum absolute atomic E-state index is 4.40. The summed E-state index contributed by atoms with van der Waals surface area (Å²) in [5.41, 5.74) is 2.21. The van der Waals surface area contributed by atoms with E-state index in [9.17, 15) is 0 Å². The summed E-state index contributed by atoms with van der Waals surface area (Å²) in [6, 6.07) is 4.09. The minimum absolute atomic E-state index is 0.867. The second kappa shape index (κ2) is 2.12. The number of aryl methyl sites for hydroxylation is 1. The van der Waals surface area contributed by atoms with E-state index in [0.717, 1.165) is 23.9 Å². The normalized spacial score (nSPS) is 14.5. The van der Waals surface area contributed by atoms with Gasteiger partial charge in [0.05, 0.1) is 12.4 Å². The number of fused-ring (bicyclic) bond motifs is 1. The first kappa shape index (κ1) is 6.46. The third-order valence-corrected chi connectivity index (χ3v) is 1.88. The second-order valence-electron chi connectivity index (χ2n) is 2.86. The number of hydrogen-bond donors (Lipinski definition) is 1. The highest BCUT2D eigenvalue weighted by Crippen LogP contribution is 2.27. The molecule has 0 bridgehead atoms. The lowest BCUT2D eigenvalue weighted by Gasteiger charge is -2.08. The summed E-state index contributed by atoms with van der Waals surface area (Å²) in [5, 5.41) is 3.24. The molecule has 0 aromatic carbocycles. The summed E-state index contributed by atoms with van der Waals surface area (Å²) in [4.78, 5) is 6.50. The van der Waals surface area contributed by atoms with Crippen molar-refractivity contribution in [3.8, 4) is 0 Å². The maximum atomic E-state index is 4.40. The van der Waals surface area contributed by atoms with E-state index in [1.165, 1.54) is 0 Å². The summed E-state index contributed by atoms with van der Waals surface area (Å²) in [5.74, 6) is 1.06. The van der Waals surface area contributed by atoms with Crippen LogP contribution in [-0.4, -0.2) is 18.7 Å². The van der Waals surface area contributed by atoms with Gasteiger partial charge in [-0.05, 0) is 19.1 Å². The average Bonchev–Trinajstić information content (AvgIpc) is 2.33. The van der Waals surface area contributed by atoms with E-state index in [1.54, 1.807) is 0 Å². The predicted molar refractivity (Wildman–Crippen MR) is 45.9 cm³/mol. The van der Waals surface area contributed by atoms with E-state index in [2.05, 4.69) is 21.3 Å². The van der Waals surface area contributed by atoms with Gasteiger partial charge in [0.25, 0.3) is 0 Å². The molecule has 1 N–H and O–H groups in total. The molecule has 0 unspecified atom stereocenters. The van der Waals surface area contributed by atoms with Gasteiger partial charge >= 0.3 is 0 Å². The fraction of sp³-hybridized carbons (Fsp3) is 0.375. The molecule has 1 aliphatic rings. The van der Waals surface area contributed by atoms with Crippen LogP contribution in [0, 0.1) is 6.92 Å². The van der Waals surface area contributed by atoms with Crippen LogP contribution < -0.4 is 10.2 Å². The molecule has 1 aromatic heterocycles. The van der Waals surface area contributed by atoms with Gasteiger partial charge in [-0.3, -0.25) is 0 Å². The molecule has 58 valence electrons. The number of pyridine rings is 1. The molecule has 3 nitrogen and oxygen atoms in total. The largest absolute Gasteiger partial charge is 0.365 e. The highest BCUT2D eigenvalue weighted by molar-refractivity contribution is 5.70. The number of aromatic nitrogens is 1. The van der Waals surface area contributed by atoms with Gasteiger partial charge < -0.3 is 10.2 Å². The summed E-state index contributed by atoms with van der Waals surface area (Å²) in [6.45, 7) is 2.87. The fourth-order valence-corrected chi connectivity index (χ4v) is 1.25. The molecule has 0 spiro atoms. The topological polar surface area (TPSA) is 28.2 Å². The summed E-state index contributed by atoms with van der Waals surface area (Å²) >= 11 is 0. The van der Waals surface area contributed by atoms with Gasteiger partial charge in [0.1, 0.15) is 0 Å². The highest BCUT2D eigenvalue weighted by atomic mass is 15.3. The van der Waals surface area contributed by atoms with Crippen molar-refractivity contribution in [2.75, 3.05) is 23.9 Å². The van der Waals surface area contributed by atoms with Crippen LogP contribution in [0.2, 0.25) is 0 Å². The van der Waals surface area contributed by atoms with Crippen molar-refractivity contribution in [1.82, 2.24) is 4.98 Å². The van der Waals surface area contributed by atoms with Crippen molar-refractivity contribution in [3.05, 3.63) is 17.8 Å². The molecule has 2 rings (SSSR count). The Labute approximate surface area is 66.0 Å². The van der Waals surface area contributed by atoms with Crippen molar-refractivity contribution < 1.29 is 0 Å². The first-order chi connectivity index (χ1) is 5.27. The Morgan fingerprint density at radius 2 is 2.36 bits per heavy atom. The number of hydrogen-bond acceptors (Lipinski definition) is 3. The Kier molecular flexibility index (Phi) is 1.24. The summed E-state index contributed by atoms with van der Waals surface area (Å²) in [6.07, 6.45) is 0. The van der Waals surface area contributed by atoms with Gasteiger partial charge in [-0.15, -0.1) is 0 Å². The molecule has 3 heteroatoms. The standard InChI is InChI=1S/C8H11N3/c1-6-3-4-7-8(10-6)11(2)5-9-7/h3-4,9H,5H2,1-2H3. The number of anilines is 2. The third-order valence-electron chi connectivity index (χ3n) is 1.88. The Hall–Kier alpha value is -1.25. The average molecular weight is 149 g/mol. The molecule has 11 heavy (non-hydrogen) atoms. The predicted octanol–water partition coefficient (Wildman–Crippen LogP) is 1.21. The van der Waals surface area contributed by atoms with Crippen LogP contribution in [0.1, 0.15) is 5.69 Å². The van der Waals surface area contributed by atoms with Gasteiger partial charge in [0, 0.05) is 12.7 Å². The van der Waals surface area contributed by atoms with Crippen molar-refractivity contribution >= 4 is 11.5 Å². The van der Waals surface area contributed by atoms with E-state index >= 15 is 0 Å². The zero-order valence-electron chi connectivity index (χ0n) is 6.76. The number of rotatable bonds is 0. The molecule has 0 saturated carbocycles. The third kappa shape index (κ3) is 0.926. The van der Waals surface area contributed by atoms with Crippen LogP contribution in [-0.2, 0) is 0 Å². The molecule has 0 saturated heterocycles. The van der Waals surface area contributed by atoms with Crippen LogP contribution in [0.15, 0.2) is 12.1 Å². The van der Waals surface area contributed by atoms with Gasteiger partial charge in [-0.1, -0.05) is 0 Å². The lowest BCUT2D eigenvalue weighted by molar-refractivity contribution is 0.998. The zero-order chi connectivity index (χ0) is 7.84. The Bertz CT molecular complexity index is 283. The molecule has 1 aliphatic heterocycles. The molecule has 0 atom stereocenters. The van der Waals surface area contributed by atoms with Gasteiger partial charge in [-0.2, -0.15) is 0 Å². The fourth-order valence-electron chi connectivity index (χ4n) is 1.25. The van der Waals surface area contributed by atoms with E-state index in [1.807, 2.05) is 20.0 Å². The van der Waals surface area contributed by atoms with Gasteiger partial charge in [-0.25, -0.2) is 4.98 Å². The molecular weight excluding hydrogens is 138 g/mol. The number of nitrogens with zero attached hydrogens (tertiary/aromatic N) is 2. The quantitative estimate of drug-likeness (QED) is 0.601. The zero-order valence-corrected chi connectivity index (χ0v) is 6.76. The SMILES string of the molecule is Cc1ccc2c(n1)N(C)CN2. The monoisotopic (exact) mass is 149 g/mol. The second-order valence-corrected chi connectivity index (χ2v) is 2.86. The van der Waals surface area contributed by atoms with E-state index in [0.29, 0.717) is 0 Å². The van der Waals surface area contributed by atoms with Crippen LogP contribution >= 0.6 is 0 Å². The lowest BCUT2D eigenvalue weighted by Crippen LogP contribution is -2.16. The van der Waals surface area contributed by atoms with Crippen molar-refractivity contribution in [2.24, 2.45) is 0 Å². The Morgan fingerprint density at radius 1 is 1.55 bits per heavy atom. The van der Waals surface area contributed by atoms with Crippen LogP contribution in [0.5, 0.6) is 0 Å². The molecule has 0 amide bonds. The van der Waals surface area contributed by atoms with Crippen molar-refractivity contribution in [3.63, 3.8) is 0 Å². The Morgan fingerprint density at radius 3 is 3.18 bits per heavy atom. The smallest absolute Gasteiger partial charge is 0.153 e. The molecule has 2 heterocycles. The minimum atomic E-state index is 0.867. The van der Waals surface area contributed by atoms with E-state index in [4.69, 9.17) is 0 Å². The first-order valence-corrected chi connectivity index (χ1v) is 3.70. The molecular formula is C8H11N3. The molecule has 1 aromatic rings. The molecule has 0 aliphatic carbocycles. The number of nitrogens with one attached hydrogen (secondary N) is 1. The summed E-state index contributed by atoms with van der Waals surface area (Å²) < 4.78 is 0. The molecule has 0 fully saturated rings.